The number of likely N-dealkylation sites (tertiary alicyclic amines) is 1. The van der Waals surface area contributed by atoms with Crippen molar-refractivity contribution in [2.45, 2.75) is 26.2 Å². The molecule has 1 aliphatic rings. The standard InChI is InChI=1S/C15H20Cl2N2O/c1-11-3-2-8-19(10-11)15(20)6-7-18-14-9-12(16)4-5-13(14)17/h4-5,9,11,18H,2-3,6-8,10H2,1H3. The van der Waals surface area contributed by atoms with Gasteiger partial charge in [0.05, 0.1) is 10.7 Å². The highest BCUT2D eigenvalue weighted by molar-refractivity contribution is 6.35. The average molecular weight is 315 g/mol. The molecule has 1 heterocycles. The van der Waals surface area contributed by atoms with E-state index in [1.807, 2.05) is 4.90 Å². The molecule has 2 rings (SSSR count). The predicted molar refractivity (Wildman–Crippen MR) is 84.5 cm³/mol. The maximum atomic E-state index is 12.1. The molecule has 0 radical (unpaired) electrons. The van der Waals surface area contributed by atoms with Crippen LogP contribution in [0, 0.1) is 5.92 Å². The smallest absolute Gasteiger partial charge is 0.224 e. The van der Waals surface area contributed by atoms with Gasteiger partial charge in [0, 0.05) is 31.1 Å². The van der Waals surface area contributed by atoms with Crippen molar-refractivity contribution in [3.8, 4) is 0 Å². The van der Waals surface area contributed by atoms with E-state index in [4.69, 9.17) is 23.2 Å². The van der Waals surface area contributed by atoms with Crippen LogP contribution in [0.15, 0.2) is 18.2 Å². The molecule has 1 aromatic rings. The molecule has 1 unspecified atom stereocenters. The molecule has 3 nitrogen and oxygen atoms in total. The third-order valence-corrected chi connectivity index (χ3v) is 4.16. The number of piperidine rings is 1. The fourth-order valence-corrected chi connectivity index (χ4v) is 2.87. The van der Waals surface area contributed by atoms with E-state index in [-0.39, 0.29) is 5.91 Å². The fraction of sp³-hybridized carbons (Fsp3) is 0.533. The van der Waals surface area contributed by atoms with E-state index < -0.39 is 0 Å². The van der Waals surface area contributed by atoms with Crippen molar-refractivity contribution in [1.82, 2.24) is 4.90 Å². The Morgan fingerprint density at radius 2 is 2.25 bits per heavy atom. The number of halogens is 2. The lowest BCUT2D eigenvalue weighted by Gasteiger charge is -2.31. The Morgan fingerprint density at radius 1 is 1.45 bits per heavy atom. The molecule has 1 aliphatic heterocycles. The number of carbonyl (C=O) groups is 1. The summed E-state index contributed by atoms with van der Waals surface area (Å²) in [4.78, 5) is 14.1. The lowest BCUT2D eigenvalue weighted by Crippen LogP contribution is -2.39. The molecule has 1 atom stereocenters. The van der Waals surface area contributed by atoms with Gasteiger partial charge in [-0.3, -0.25) is 4.79 Å². The van der Waals surface area contributed by atoms with E-state index in [2.05, 4.69) is 12.2 Å². The number of hydrogen-bond acceptors (Lipinski definition) is 2. The summed E-state index contributed by atoms with van der Waals surface area (Å²) in [5, 5.41) is 4.42. The van der Waals surface area contributed by atoms with E-state index in [9.17, 15) is 4.79 Å². The zero-order valence-corrected chi connectivity index (χ0v) is 13.2. The maximum Gasteiger partial charge on any atom is 0.224 e. The highest BCUT2D eigenvalue weighted by atomic mass is 35.5. The second-order valence-electron chi connectivity index (χ2n) is 5.39. The summed E-state index contributed by atoms with van der Waals surface area (Å²) < 4.78 is 0. The van der Waals surface area contributed by atoms with Crippen LogP contribution in [0.2, 0.25) is 10.0 Å². The van der Waals surface area contributed by atoms with Crippen LogP contribution in [0.3, 0.4) is 0 Å². The Labute approximate surface area is 130 Å². The monoisotopic (exact) mass is 314 g/mol. The number of carbonyl (C=O) groups excluding carboxylic acids is 1. The van der Waals surface area contributed by atoms with Crippen molar-refractivity contribution in [3.63, 3.8) is 0 Å². The first kappa shape index (κ1) is 15.5. The van der Waals surface area contributed by atoms with Gasteiger partial charge in [-0.05, 0) is 37.0 Å². The molecular weight excluding hydrogens is 295 g/mol. The zero-order chi connectivity index (χ0) is 14.5. The van der Waals surface area contributed by atoms with Crippen LogP contribution < -0.4 is 5.32 Å². The highest BCUT2D eigenvalue weighted by Crippen LogP contribution is 2.25. The number of amides is 1. The second-order valence-corrected chi connectivity index (χ2v) is 6.23. The molecule has 1 N–H and O–H groups in total. The molecule has 1 amide bonds. The van der Waals surface area contributed by atoms with Crippen molar-refractivity contribution < 1.29 is 4.79 Å². The number of nitrogens with zero attached hydrogens (tertiary/aromatic N) is 1. The van der Waals surface area contributed by atoms with Gasteiger partial charge in [-0.1, -0.05) is 30.1 Å². The fourth-order valence-electron chi connectivity index (χ4n) is 2.51. The van der Waals surface area contributed by atoms with Crippen LogP contribution >= 0.6 is 23.2 Å². The van der Waals surface area contributed by atoms with Gasteiger partial charge >= 0.3 is 0 Å². The molecular formula is C15H20Cl2N2O. The number of benzene rings is 1. The Hall–Kier alpha value is -0.930. The largest absolute Gasteiger partial charge is 0.383 e. The quantitative estimate of drug-likeness (QED) is 0.909. The zero-order valence-electron chi connectivity index (χ0n) is 11.7. The molecule has 0 aromatic heterocycles. The van der Waals surface area contributed by atoms with E-state index in [1.165, 1.54) is 6.42 Å². The number of rotatable bonds is 4. The van der Waals surface area contributed by atoms with Crippen LogP contribution in [0.4, 0.5) is 5.69 Å². The van der Waals surface area contributed by atoms with Crippen molar-refractivity contribution in [2.75, 3.05) is 25.0 Å². The molecule has 20 heavy (non-hydrogen) atoms. The second kappa shape index (κ2) is 7.19. The van der Waals surface area contributed by atoms with Crippen LogP contribution in [0.1, 0.15) is 26.2 Å². The van der Waals surface area contributed by atoms with Gasteiger partial charge in [-0.2, -0.15) is 0 Å². The Bertz CT molecular complexity index is 479. The summed E-state index contributed by atoms with van der Waals surface area (Å²) in [6, 6.07) is 5.27. The molecule has 0 aliphatic carbocycles. The molecule has 0 saturated carbocycles. The molecule has 1 fully saturated rings. The number of nitrogens with one attached hydrogen (secondary N) is 1. The van der Waals surface area contributed by atoms with Crippen LogP contribution in [0.5, 0.6) is 0 Å². The summed E-state index contributed by atoms with van der Waals surface area (Å²) >= 11 is 12.0. The topological polar surface area (TPSA) is 32.3 Å². The SMILES string of the molecule is CC1CCCN(C(=O)CCNc2cc(Cl)ccc2Cl)C1. The average Bonchev–Trinajstić information content (AvgIpc) is 2.42. The lowest BCUT2D eigenvalue weighted by atomic mass is 10.00. The molecule has 0 bridgehead atoms. The van der Waals surface area contributed by atoms with Gasteiger partial charge in [-0.25, -0.2) is 0 Å². The first-order chi connectivity index (χ1) is 9.56. The van der Waals surface area contributed by atoms with Gasteiger partial charge < -0.3 is 10.2 Å². The van der Waals surface area contributed by atoms with Crippen LogP contribution in [-0.4, -0.2) is 30.4 Å². The van der Waals surface area contributed by atoms with E-state index >= 15 is 0 Å². The Kier molecular flexibility index (Phi) is 5.55. The Balaban J connectivity index is 1.80. The minimum atomic E-state index is 0.210. The summed E-state index contributed by atoms with van der Waals surface area (Å²) in [5.41, 5.74) is 0.777. The summed E-state index contributed by atoms with van der Waals surface area (Å²) in [5.74, 6) is 0.824. The van der Waals surface area contributed by atoms with Gasteiger partial charge in [-0.15, -0.1) is 0 Å². The molecule has 5 heteroatoms. The normalized spacial score (nSPS) is 18.9. The van der Waals surface area contributed by atoms with Crippen LogP contribution in [-0.2, 0) is 4.79 Å². The molecule has 110 valence electrons. The van der Waals surface area contributed by atoms with Gasteiger partial charge in [0.1, 0.15) is 0 Å². The lowest BCUT2D eigenvalue weighted by molar-refractivity contribution is -0.132. The summed E-state index contributed by atoms with van der Waals surface area (Å²) in [6.45, 7) is 4.55. The van der Waals surface area contributed by atoms with Crippen molar-refractivity contribution >= 4 is 34.8 Å². The summed E-state index contributed by atoms with van der Waals surface area (Å²) in [6.07, 6.45) is 2.82. The van der Waals surface area contributed by atoms with Gasteiger partial charge in [0.2, 0.25) is 5.91 Å². The molecule has 1 aromatic carbocycles. The number of hydrogen-bond donors (Lipinski definition) is 1. The maximum absolute atomic E-state index is 12.1. The summed E-state index contributed by atoms with van der Waals surface area (Å²) in [7, 11) is 0. The van der Waals surface area contributed by atoms with Crippen molar-refractivity contribution in [3.05, 3.63) is 28.2 Å². The third kappa shape index (κ3) is 4.29. The van der Waals surface area contributed by atoms with Crippen LogP contribution in [0.25, 0.3) is 0 Å². The van der Waals surface area contributed by atoms with Crippen molar-refractivity contribution in [2.24, 2.45) is 5.92 Å². The van der Waals surface area contributed by atoms with Crippen molar-refractivity contribution in [1.29, 1.82) is 0 Å². The minimum absolute atomic E-state index is 0.210. The number of anilines is 1. The van der Waals surface area contributed by atoms with E-state index in [0.29, 0.717) is 28.9 Å². The first-order valence-electron chi connectivity index (χ1n) is 7.03. The third-order valence-electron chi connectivity index (χ3n) is 3.59. The molecule has 1 saturated heterocycles. The first-order valence-corrected chi connectivity index (χ1v) is 7.78. The van der Waals surface area contributed by atoms with Gasteiger partial charge in [0.25, 0.3) is 0 Å². The molecule has 0 spiro atoms. The highest BCUT2D eigenvalue weighted by Gasteiger charge is 2.20. The minimum Gasteiger partial charge on any atom is -0.383 e. The Morgan fingerprint density at radius 3 is 3.00 bits per heavy atom. The van der Waals surface area contributed by atoms with E-state index in [1.54, 1.807) is 18.2 Å². The predicted octanol–water partition coefficient (Wildman–Crippen LogP) is 4.05. The van der Waals surface area contributed by atoms with E-state index in [0.717, 1.165) is 25.2 Å². The van der Waals surface area contributed by atoms with Gasteiger partial charge in [0.15, 0.2) is 0 Å².